The molecule has 20 heavy (non-hydrogen) atoms. The van der Waals surface area contributed by atoms with E-state index in [1.54, 1.807) is 12.1 Å². The summed E-state index contributed by atoms with van der Waals surface area (Å²) in [6.45, 7) is 9.97. The minimum absolute atomic E-state index is 0.113. The van der Waals surface area contributed by atoms with Crippen molar-refractivity contribution in [1.82, 2.24) is 10.3 Å². The molecule has 1 heterocycles. The number of hydrogen-bond acceptors (Lipinski definition) is 3. The van der Waals surface area contributed by atoms with E-state index in [4.69, 9.17) is 11.6 Å². The number of anilines is 1. The van der Waals surface area contributed by atoms with Gasteiger partial charge in [-0.3, -0.25) is 4.79 Å². The van der Waals surface area contributed by atoms with E-state index < -0.39 is 0 Å². The molecule has 1 rings (SSSR count). The van der Waals surface area contributed by atoms with E-state index in [-0.39, 0.29) is 11.3 Å². The maximum Gasteiger partial charge on any atom is 0.251 e. The topological polar surface area (TPSA) is 54.0 Å². The number of nitrogens with one attached hydrogen (secondary N) is 2. The summed E-state index contributed by atoms with van der Waals surface area (Å²) in [4.78, 5) is 16.2. The second kappa shape index (κ2) is 7.48. The first-order valence-corrected chi connectivity index (χ1v) is 7.39. The number of amides is 1. The molecular weight excluding hydrogens is 274 g/mol. The van der Waals surface area contributed by atoms with Gasteiger partial charge >= 0.3 is 0 Å². The van der Waals surface area contributed by atoms with Crippen LogP contribution in [0.1, 0.15) is 50.9 Å². The standard InChI is InChI=1S/C15H24ClN3O/c1-5-7-17-13-10-11(9-12(16)19-13)14(20)18-8-6-15(2,3)4/h9-10H,5-8H2,1-4H3,(H,17,19)(H,18,20). The number of hydrogen-bond donors (Lipinski definition) is 2. The fourth-order valence-electron chi connectivity index (χ4n) is 1.62. The predicted molar refractivity (Wildman–Crippen MR) is 84.4 cm³/mol. The Kier molecular flexibility index (Phi) is 6.27. The highest BCUT2D eigenvalue weighted by Crippen LogP contribution is 2.18. The van der Waals surface area contributed by atoms with Crippen molar-refractivity contribution in [2.45, 2.75) is 40.5 Å². The van der Waals surface area contributed by atoms with Gasteiger partial charge in [0.2, 0.25) is 0 Å². The molecule has 1 aromatic rings. The lowest BCUT2D eigenvalue weighted by atomic mass is 9.92. The van der Waals surface area contributed by atoms with Crippen LogP contribution in [0.4, 0.5) is 5.82 Å². The number of pyridine rings is 1. The molecule has 0 bridgehead atoms. The van der Waals surface area contributed by atoms with Crippen LogP contribution in [0.2, 0.25) is 5.15 Å². The molecule has 0 atom stereocenters. The summed E-state index contributed by atoms with van der Waals surface area (Å²) in [5.74, 6) is 0.526. The number of carbonyl (C=O) groups is 1. The van der Waals surface area contributed by atoms with E-state index in [2.05, 4.69) is 43.3 Å². The fraction of sp³-hybridized carbons (Fsp3) is 0.600. The summed E-state index contributed by atoms with van der Waals surface area (Å²) in [7, 11) is 0. The summed E-state index contributed by atoms with van der Waals surface area (Å²) in [5.41, 5.74) is 0.745. The molecule has 0 aliphatic heterocycles. The van der Waals surface area contributed by atoms with Crippen molar-refractivity contribution < 1.29 is 4.79 Å². The molecule has 0 unspecified atom stereocenters. The molecule has 1 amide bonds. The summed E-state index contributed by atoms with van der Waals surface area (Å²) in [6, 6.07) is 3.32. The van der Waals surface area contributed by atoms with E-state index in [0.29, 0.717) is 23.1 Å². The number of rotatable bonds is 6. The van der Waals surface area contributed by atoms with Gasteiger partial charge in [0.15, 0.2) is 0 Å². The molecule has 0 aliphatic carbocycles. The van der Waals surface area contributed by atoms with Gasteiger partial charge in [0, 0.05) is 18.7 Å². The lowest BCUT2D eigenvalue weighted by molar-refractivity contribution is 0.0949. The van der Waals surface area contributed by atoms with Crippen LogP contribution in [-0.4, -0.2) is 24.0 Å². The van der Waals surface area contributed by atoms with Gasteiger partial charge < -0.3 is 10.6 Å². The van der Waals surface area contributed by atoms with Gasteiger partial charge in [-0.15, -0.1) is 0 Å². The predicted octanol–water partition coefficient (Wildman–Crippen LogP) is 3.72. The zero-order valence-corrected chi connectivity index (χ0v) is 13.5. The van der Waals surface area contributed by atoms with Gasteiger partial charge in [-0.1, -0.05) is 39.3 Å². The van der Waals surface area contributed by atoms with Crippen molar-refractivity contribution >= 4 is 23.3 Å². The van der Waals surface area contributed by atoms with Gasteiger partial charge in [-0.25, -0.2) is 4.98 Å². The first-order valence-electron chi connectivity index (χ1n) is 7.01. The largest absolute Gasteiger partial charge is 0.370 e. The average molecular weight is 298 g/mol. The Bertz CT molecular complexity index is 455. The minimum Gasteiger partial charge on any atom is -0.370 e. The van der Waals surface area contributed by atoms with Crippen molar-refractivity contribution in [2.24, 2.45) is 5.41 Å². The van der Waals surface area contributed by atoms with Crippen molar-refractivity contribution in [2.75, 3.05) is 18.4 Å². The number of nitrogens with zero attached hydrogens (tertiary/aromatic N) is 1. The minimum atomic E-state index is -0.113. The summed E-state index contributed by atoms with van der Waals surface area (Å²) >= 11 is 5.95. The summed E-state index contributed by atoms with van der Waals surface area (Å²) < 4.78 is 0. The van der Waals surface area contributed by atoms with E-state index in [0.717, 1.165) is 19.4 Å². The van der Waals surface area contributed by atoms with Crippen LogP contribution in [0.5, 0.6) is 0 Å². The fourth-order valence-corrected chi connectivity index (χ4v) is 1.83. The lowest BCUT2D eigenvalue weighted by Gasteiger charge is -2.18. The molecule has 5 heteroatoms. The molecule has 2 N–H and O–H groups in total. The van der Waals surface area contributed by atoms with Crippen LogP contribution < -0.4 is 10.6 Å². The Balaban J connectivity index is 2.65. The van der Waals surface area contributed by atoms with Gasteiger partial charge in [0.05, 0.1) is 0 Å². The number of aromatic nitrogens is 1. The molecule has 0 radical (unpaired) electrons. The molecule has 0 spiro atoms. The van der Waals surface area contributed by atoms with E-state index >= 15 is 0 Å². The van der Waals surface area contributed by atoms with E-state index in [9.17, 15) is 4.79 Å². The van der Waals surface area contributed by atoms with E-state index in [1.807, 2.05) is 0 Å². The van der Waals surface area contributed by atoms with Crippen LogP contribution in [0.3, 0.4) is 0 Å². The molecule has 0 aromatic carbocycles. The molecule has 0 aliphatic rings. The van der Waals surface area contributed by atoms with Crippen molar-refractivity contribution in [3.63, 3.8) is 0 Å². The molecule has 4 nitrogen and oxygen atoms in total. The Hall–Kier alpha value is -1.29. The number of halogens is 1. The highest BCUT2D eigenvalue weighted by atomic mass is 35.5. The maximum atomic E-state index is 12.1. The highest BCUT2D eigenvalue weighted by Gasteiger charge is 2.12. The Morgan fingerprint density at radius 1 is 1.30 bits per heavy atom. The smallest absolute Gasteiger partial charge is 0.251 e. The lowest BCUT2D eigenvalue weighted by Crippen LogP contribution is -2.27. The van der Waals surface area contributed by atoms with Crippen molar-refractivity contribution in [1.29, 1.82) is 0 Å². The van der Waals surface area contributed by atoms with E-state index in [1.165, 1.54) is 0 Å². The molecule has 0 saturated carbocycles. The summed E-state index contributed by atoms with van der Waals surface area (Å²) in [6.07, 6.45) is 1.92. The van der Waals surface area contributed by atoms with Gasteiger partial charge in [-0.05, 0) is 30.4 Å². The Labute approximate surface area is 126 Å². The third kappa shape index (κ3) is 6.24. The monoisotopic (exact) mass is 297 g/mol. The molecule has 0 saturated heterocycles. The van der Waals surface area contributed by atoms with Gasteiger partial charge in [0.25, 0.3) is 5.91 Å². The molecular formula is C15H24ClN3O. The van der Waals surface area contributed by atoms with Crippen LogP contribution in [0, 0.1) is 5.41 Å². The first kappa shape index (κ1) is 16.8. The first-order chi connectivity index (χ1) is 9.31. The third-order valence-electron chi connectivity index (χ3n) is 2.77. The Morgan fingerprint density at radius 3 is 2.60 bits per heavy atom. The van der Waals surface area contributed by atoms with Crippen LogP contribution in [-0.2, 0) is 0 Å². The van der Waals surface area contributed by atoms with Crippen molar-refractivity contribution in [3.05, 3.63) is 22.8 Å². The normalized spacial score (nSPS) is 11.2. The second-order valence-corrected chi connectivity index (χ2v) is 6.44. The third-order valence-corrected chi connectivity index (χ3v) is 2.97. The molecule has 1 aromatic heterocycles. The zero-order valence-electron chi connectivity index (χ0n) is 12.7. The van der Waals surface area contributed by atoms with Crippen LogP contribution >= 0.6 is 11.6 Å². The van der Waals surface area contributed by atoms with Gasteiger partial charge in [0.1, 0.15) is 11.0 Å². The molecule has 112 valence electrons. The maximum absolute atomic E-state index is 12.1. The van der Waals surface area contributed by atoms with Crippen molar-refractivity contribution in [3.8, 4) is 0 Å². The zero-order chi connectivity index (χ0) is 15.2. The second-order valence-electron chi connectivity index (χ2n) is 6.06. The van der Waals surface area contributed by atoms with Crippen LogP contribution in [0.25, 0.3) is 0 Å². The van der Waals surface area contributed by atoms with Gasteiger partial charge in [-0.2, -0.15) is 0 Å². The SMILES string of the molecule is CCCNc1cc(C(=O)NCCC(C)(C)C)cc(Cl)n1. The van der Waals surface area contributed by atoms with Crippen LogP contribution in [0.15, 0.2) is 12.1 Å². The summed E-state index contributed by atoms with van der Waals surface area (Å²) in [5, 5.41) is 6.37. The Morgan fingerprint density at radius 2 is 2.00 bits per heavy atom. The number of carbonyl (C=O) groups excluding carboxylic acids is 1. The average Bonchev–Trinajstić information content (AvgIpc) is 2.34. The molecule has 0 fully saturated rings. The quantitative estimate of drug-likeness (QED) is 0.787. The highest BCUT2D eigenvalue weighted by molar-refractivity contribution is 6.29.